The average molecular weight is 335 g/mol. The lowest BCUT2D eigenvalue weighted by molar-refractivity contribution is -0.137. The fourth-order valence-corrected chi connectivity index (χ4v) is 2.08. The van der Waals surface area contributed by atoms with Crippen molar-refractivity contribution in [3.63, 3.8) is 0 Å². The van der Waals surface area contributed by atoms with Gasteiger partial charge >= 0.3 is 5.97 Å². The minimum absolute atomic E-state index is 0.277. The van der Waals surface area contributed by atoms with Gasteiger partial charge in [0.15, 0.2) is 0 Å². The number of rotatable bonds is 5. The third-order valence-electron chi connectivity index (χ3n) is 3.04. The molecule has 0 N–H and O–H groups in total. The van der Waals surface area contributed by atoms with Crippen LogP contribution in [0, 0.1) is 5.82 Å². The standard InChI is InChI=1S/C18H16ClFO3/c1-3-22-18(21)10-12(2)16-9-8-15(11-17(16)20)23-14-6-4-13(19)5-7-14/h4-11H,3H2,1-2H3. The molecule has 0 aliphatic rings. The highest BCUT2D eigenvalue weighted by Gasteiger charge is 2.09. The van der Waals surface area contributed by atoms with Gasteiger partial charge in [0.05, 0.1) is 6.61 Å². The van der Waals surface area contributed by atoms with E-state index < -0.39 is 11.8 Å². The summed E-state index contributed by atoms with van der Waals surface area (Å²) < 4.78 is 24.6. The second kappa shape index (κ2) is 7.79. The quantitative estimate of drug-likeness (QED) is 0.554. The number of ether oxygens (including phenoxy) is 2. The first-order valence-corrected chi connectivity index (χ1v) is 7.45. The van der Waals surface area contributed by atoms with Crippen LogP contribution in [0.15, 0.2) is 48.5 Å². The largest absolute Gasteiger partial charge is 0.463 e. The molecular formula is C18H16ClFO3. The molecule has 0 bridgehead atoms. The van der Waals surface area contributed by atoms with E-state index in [1.807, 2.05) is 0 Å². The third kappa shape index (κ3) is 4.83. The first-order chi connectivity index (χ1) is 11.0. The van der Waals surface area contributed by atoms with Crippen LogP contribution < -0.4 is 4.74 Å². The highest BCUT2D eigenvalue weighted by atomic mass is 35.5. The minimum Gasteiger partial charge on any atom is -0.463 e. The number of carbonyl (C=O) groups excluding carboxylic acids is 1. The second-order valence-corrected chi connectivity index (χ2v) is 5.21. The van der Waals surface area contributed by atoms with Gasteiger partial charge in [-0.25, -0.2) is 9.18 Å². The van der Waals surface area contributed by atoms with Crippen molar-refractivity contribution < 1.29 is 18.7 Å². The summed E-state index contributed by atoms with van der Waals surface area (Å²) >= 11 is 5.80. The molecule has 3 nitrogen and oxygen atoms in total. The lowest BCUT2D eigenvalue weighted by atomic mass is 10.1. The molecule has 2 rings (SSSR count). The zero-order chi connectivity index (χ0) is 16.8. The van der Waals surface area contributed by atoms with Crippen molar-refractivity contribution >= 4 is 23.1 Å². The lowest BCUT2D eigenvalue weighted by Crippen LogP contribution is -2.00. The van der Waals surface area contributed by atoms with E-state index in [1.54, 1.807) is 50.2 Å². The maximum atomic E-state index is 14.2. The highest BCUT2D eigenvalue weighted by Crippen LogP contribution is 2.27. The van der Waals surface area contributed by atoms with Gasteiger partial charge in [0, 0.05) is 22.7 Å². The van der Waals surface area contributed by atoms with Crippen molar-refractivity contribution in [3.05, 3.63) is 64.9 Å². The Morgan fingerprint density at radius 2 is 1.83 bits per heavy atom. The molecule has 0 saturated carbocycles. The molecule has 5 heteroatoms. The van der Waals surface area contributed by atoms with E-state index in [1.165, 1.54) is 12.1 Å². The zero-order valence-electron chi connectivity index (χ0n) is 12.8. The summed E-state index contributed by atoms with van der Waals surface area (Å²) in [6, 6.07) is 11.2. The Hall–Kier alpha value is -2.33. The van der Waals surface area contributed by atoms with Crippen LogP contribution >= 0.6 is 11.6 Å². The topological polar surface area (TPSA) is 35.5 Å². The maximum absolute atomic E-state index is 14.2. The number of hydrogen-bond donors (Lipinski definition) is 0. The minimum atomic E-state index is -0.495. The Morgan fingerprint density at radius 1 is 1.17 bits per heavy atom. The molecule has 0 unspecified atom stereocenters. The van der Waals surface area contributed by atoms with Crippen LogP contribution in [0.5, 0.6) is 11.5 Å². The Balaban J connectivity index is 2.17. The Morgan fingerprint density at radius 3 is 2.43 bits per heavy atom. The van der Waals surface area contributed by atoms with E-state index in [0.29, 0.717) is 27.7 Å². The normalized spacial score (nSPS) is 11.2. The van der Waals surface area contributed by atoms with Crippen molar-refractivity contribution in [2.24, 2.45) is 0 Å². The molecule has 23 heavy (non-hydrogen) atoms. The molecule has 0 atom stereocenters. The van der Waals surface area contributed by atoms with Gasteiger partial charge in [-0.15, -0.1) is 0 Å². The second-order valence-electron chi connectivity index (χ2n) is 4.78. The van der Waals surface area contributed by atoms with E-state index in [4.69, 9.17) is 21.1 Å². The molecule has 0 fully saturated rings. The number of halogens is 2. The maximum Gasteiger partial charge on any atom is 0.331 e. The van der Waals surface area contributed by atoms with Crippen LogP contribution in [0.25, 0.3) is 5.57 Å². The molecule has 0 amide bonds. The van der Waals surface area contributed by atoms with E-state index in [9.17, 15) is 9.18 Å². The predicted octanol–water partition coefficient (Wildman–Crippen LogP) is 5.24. The van der Waals surface area contributed by atoms with Crippen molar-refractivity contribution in [2.45, 2.75) is 13.8 Å². The molecule has 0 aliphatic heterocycles. The number of hydrogen-bond acceptors (Lipinski definition) is 3. The van der Waals surface area contributed by atoms with E-state index in [0.717, 1.165) is 0 Å². The van der Waals surface area contributed by atoms with Gasteiger partial charge in [-0.1, -0.05) is 11.6 Å². The van der Waals surface area contributed by atoms with Crippen LogP contribution in [-0.4, -0.2) is 12.6 Å². The van der Waals surface area contributed by atoms with Gasteiger partial charge in [-0.05, 0) is 55.8 Å². The van der Waals surface area contributed by atoms with Crippen molar-refractivity contribution in [2.75, 3.05) is 6.61 Å². The first-order valence-electron chi connectivity index (χ1n) is 7.08. The van der Waals surface area contributed by atoms with Crippen molar-refractivity contribution in [1.82, 2.24) is 0 Å². The number of allylic oxidation sites excluding steroid dienone is 1. The summed E-state index contributed by atoms with van der Waals surface area (Å²) in [5.74, 6) is -0.0572. The molecule has 2 aromatic rings. The number of carbonyl (C=O) groups is 1. The summed E-state index contributed by atoms with van der Waals surface area (Å²) in [5.41, 5.74) is 0.806. The van der Waals surface area contributed by atoms with Crippen LogP contribution in [0.1, 0.15) is 19.4 Å². The fourth-order valence-electron chi connectivity index (χ4n) is 1.96. The Kier molecular flexibility index (Phi) is 5.77. The van der Waals surface area contributed by atoms with Crippen LogP contribution in [0.4, 0.5) is 4.39 Å². The smallest absolute Gasteiger partial charge is 0.331 e. The van der Waals surface area contributed by atoms with Gasteiger partial charge in [0.2, 0.25) is 0 Å². The van der Waals surface area contributed by atoms with Gasteiger partial charge in [-0.2, -0.15) is 0 Å². The molecule has 0 saturated heterocycles. The van der Waals surface area contributed by atoms with Gasteiger partial charge in [0.25, 0.3) is 0 Å². The molecule has 0 aromatic heterocycles. The van der Waals surface area contributed by atoms with Crippen molar-refractivity contribution in [3.8, 4) is 11.5 Å². The van der Waals surface area contributed by atoms with Crippen LogP contribution in [0.3, 0.4) is 0 Å². The first kappa shape index (κ1) is 17.0. The molecule has 120 valence electrons. The summed E-state index contributed by atoms with van der Waals surface area (Å²) in [5, 5.41) is 0.596. The van der Waals surface area contributed by atoms with Gasteiger partial charge in [0.1, 0.15) is 17.3 Å². The molecule has 0 radical (unpaired) electrons. The number of esters is 1. The van der Waals surface area contributed by atoms with Gasteiger partial charge < -0.3 is 9.47 Å². The lowest BCUT2D eigenvalue weighted by Gasteiger charge is -2.09. The fraction of sp³-hybridized carbons (Fsp3) is 0.167. The monoisotopic (exact) mass is 334 g/mol. The number of benzene rings is 2. The van der Waals surface area contributed by atoms with Gasteiger partial charge in [-0.3, -0.25) is 0 Å². The average Bonchev–Trinajstić information content (AvgIpc) is 2.49. The van der Waals surface area contributed by atoms with Crippen LogP contribution in [-0.2, 0) is 9.53 Å². The Labute approximate surface area is 139 Å². The zero-order valence-corrected chi connectivity index (χ0v) is 13.6. The molecule has 0 spiro atoms. The Bertz CT molecular complexity index is 724. The molecule has 0 heterocycles. The molecular weight excluding hydrogens is 319 g/mol. The third-order valence-corrected chi connectivity index (χ3v) is 3.29. The van der Waals surface area contributed by atoms with Crippen LogP contribution in [0.2, 0.25) is 5.02 Å². The highest BCUT2D eigenvalue weighted by molar-refractivity contribution is 6.30. The van der Waals surface area contributed by atoms with Crippen molar-refractivity contribution in [1.29, 1.82) is 0 Å². The van der Waals surface area contributed by atoms with E-state index in [2.05, 4.69) is 0 Å². The van der Waals surface area contributed by atoms with E-state index >= 15 is 0 Å². The molecule has 0 aliphatic carbocycles. The summed E-state index contributed by atoms with van der Waals surface area (Å²) in [7, 11) is 0. The summed E-state index contributed by atoms with van der Waals surface area (Å²) in [6.45, 7) is 3.64. The SMILES string of the molecule is CCOC(=O)C=C(C)c1ccc(Oc2ccc(Cl)cc2)cc1F. The van der Waals surface area contributed by atoms with E-state index in [-0.39, 0.29) is 6.61 Å². The summed E-state index contributed by atoms with van der Waals surface area (Å²) in [4.78, 5) is 11.4. The predicted molar refractivity (Wildman–Crippen MR) is 88.2 cm³/mol. The summed E-state index contributed by atoms with van der Waals surface area (Å²) in [6.07, 6.45) is 1.27. The molecule has 2 aromatic carbocycles.